The van der Waals surface area contributed by atoms with E-state index in [4.69, 9.17) is 0 Å². The van der Waals surface area contributed by atoms with Gasteiger partial charge in [-0.05, 0) is 35.4 Å². The second-order valence-electron chi connectivity index (χ2n) is 8.25. The van der Waals surface area contributed by atoms with E-state index in [9.17, 15) is 22.0 Å². The lowest BCUT2D eigenvalue weighted by Crippen LogP contribution is -2.23. The standard InChI is InChI=1S/C26H19F2N5O3S/c27-20-9-21(28)26-22(10-20)33(13-17-4-3-5-18(8-17)19-11-29-16-30-12-19)14-23(26)37(35,36)15-25(34)32-24-6-1-2-7-31-24/h1-12,14,16H,13,15H2,(H,31,32,34). The molecule has 0 fully saturated rings. The van der Waals surface area contributed by atoms with Crippen LogP contribution < -0.4 is 5.32 Å². The van der Waals surface area contributed by atoms with Crippen LogP contribution in [0.4, 0.5) is 14.6 Å². The molecule has 3 aromatic heterocycles. The van der Waals surface area contributed by atoms with Crippen LogP contribution in [0.1, 0.15) is 5.56 Å². The summed E-state index contributed by atoms with van der Waals surface area (Å²) in [5, 5.41) is 2.13. The fourth-order valence-corrected chi connectivity index (χ4v) is 5.41. The maximum atomic E-state index is 14.9. The molecule has 2 aromatic carbocycles. The first-order chi connectivity index (χ1) is 17.8. The van der Waals surface area contributed by atoms with Crippen LogP contribution in [0.5, 0.6) is 0 Å². The molecule has 5 aromatic rings. The number of halogens is 2. The van der Waals surface area contributed by atoms with Gasteiger partial charge in [-0.15, -0.1) is 0 Å². The summed E-state index contributed by atoms with van der Waals surface area (Å²) in [6.07, 6.45) is 7.41. The van der Waals surface area contributed by atoms with Gasteiger partial charge in [-0.1, -0.05) is 24.3 Å². The van der Waals surface area contributed by atoms with Crippen LogP contribution in [0.25, 0.3) is 22.0 Å². The third kappa shape index (κ3) is 5.21. The Hall–Kier alpha value is -4.51. The van der Waals surface area contributed by atoms with Gasteiger partial charge in [-0.2, -0.15) is 0 Å². The zero-order valence-electron chi connectivity index (χ0n) is 19.2. The number of benzene rings is 2. The van der Waals surface area contributed by atoms with E-state index in [0.29, 0.717) is 6.07 Å². The molecular formula is C26H19F2N5O3S. The van der Waals surface area contributed by atoms with E-state index in [2.05, 4.69) is 20.3 Å². The molecule has 0 spiro atoms. The Bertz CT molecular complexity index is 1710. The van der Waals surface area contributed by atoms with Crippen molar-refractivity contribution in [2.45, 2.75) is 11.4 Å². The van der Waals surface area contributed by atoms with Crippen molar-refractivity contribution in [3.63, 3.8) is 0 Å². The molecule has 0 radical (unpaired) electrons. The van der Waals surface area contributed by atoms with Crippen LogP contribution in [0.2, 0.25) is 0 Å². The molecule has 0 atom stereocenters. The summed E-state index contributed by atoms with van der Waals surface area (Å²) >= 11 is 0. The largest absolute Gasteiger partial charge is 0.342 e. The number of anilines is 1. The van der Waals surface area contributed by atoms with Crippen LogP contribution in [-0.2, 0) is 21.2 Å². The first-order valence-electron chi connectivity index (χ1n) is 11.1. The number of hydrogen-bond acceptors (Lipinski definition) is 6. The summed E-state index contributed by atoms with van der Waals surface area (Å²) in [6.45, 7) is 0.122. The van der Waals surface area contributed by atoms with Crippen LogP contribution in [0.15, 0.2) is 90.6 Å². The van der Waals surface area contributed by atoms with Crippen LogP contribution >= 0.6 is 0 Å². The Morgan fingerprint density at radius 1 is 0.973 bits per heavy atom. The summed E-state index contributed by atoms with van der Waals surface area (Å²) in [4.78, 5) is 24.0. The van der Waals surface area contributed by atoms with Gasteiger partial charge in [-0.3, -0.25) is 4.79 Å². The lowest BCUT2D eigenvalue weighted by Gasteiger charge is -2.08. The molecule has 0 bridgehead atoms. The lowest BCUT2D eigenvalue weighted by molar-refractivity contribution is -0.113. The highest BCUT2D eigenvalue weighted by molar-refractivity contribution is 7.92. The van der Waals surface area contributed by atoms with Crippen molar-refractivity contribution < 1.29 is 22.0 Å². The van der Waals surface area contributed by atoms with Crippen molar-refractivity contribution >= 4 is 32.5 Å². The summed E-state index contributed by atoms with van der Waals surface area (Å²) in [6, 6.07) is 13.8. The number of fused-ring (bicyclic) bond motifs is 1. The first-order valence-corrected chi connectivity index (χ1v) is 12.7. The van der Waals surface area contributed by atoms with Crippen molar-refractivity contribution in [2.75, 3.05) is 11.1 Å². The number of carbonyl (C=O) groups excluding carboxylic acids is 1. The highest BCUT2D eigenvalue weighted by atomic mass is 32.2. The Labute approximate surface area is 210 Å². The molecule has 8 nitrogen and oxygen atoms in total. The van der Waals surface area contributed by atoms with Gasteiger partial charge in [0.1, 0.15) is 29.5 Å². The van der Waals surface area contributed by atoms with Crippen molar-refractivity contribution in [1.82, 2.24) is 19.5 Å². The molecule has 11 heteroatoms. The number of pyridine rings is 1. The van der Waals surface area contributed by atoms with Gasteiger partial charge in [0.2, 0.25) is 5.91 Å². The number of aromatic nitrogens is 4. The van der Waals surface area contributed by atoms with Gasteiger partial charge >= 0.3 is 0 Å². The van der Waals surface area contributed by atoms with Crippen LogP contribution in [0, 0.1) is 11.6 Å². The molecule has 0 aliphatic heterocycles. The molecular weight excluding hydrogens is 500 g/mol. The topological polar surface area (TPSA) is 107 Å². The number of amides is 1. The normalized spacial score (nSPS) is 11.5. The molecule has 186 valence electrons. The SMILES string of the molecule is O=C(CS(=O)(=O)c1cn(Cc2cccc(-c3cncnc3)c2)c2cc(F)cc(F)c12)Nc1ccccn1. The summed E-state index contributed by atoms with van der Waals surface area (Å²) in [5.41, 5.74) is 2.40. The predicted octanol–water partition coefficient (Wildman–Crippen LogP) is 4.23. The predicted molar refractivity (Wildman–Crippen MR) is 133 cm³/mol. The van der Waals surface area contributed by atoms with Gasteiger partial charge in [0.05, 0.1) is 15.8 Å². The second kappa shape index (κ2) is 9.86. The summed E-state index contributed by atoms with van der Waals surface area (Å²) < 4.78 is 57.0. The van der Waals surface area contributed by atoms with Gasteiger partial charge in [0.15, 0.2) is 9.84 Å². The Morgan fingerprint density at radius 3 is 2.54 bits per heavy atom. The van der Waals surface area contributed by atoms with Crippen molar-refractivity contribution in [3.05, 3.63) is 103 Å². The minimum atomic E-state index is -4.30. The number of rotatable bonds is 7. The molecule has 1 N–H and O–H groups in total. The van der Waals surface area contributed by atoms with Crippen molar-refractivity contribution in [1.29, 1.82) is 0 Å². The number of nitrogens with zero attached hydrogens (tertiary/aromatic N) is 4. The van der Waals surface area contributed by atoms with Gasteiger partial charge in [-0.25, -0.2) is 32.2 Å². The van der Waals surface area contributed by atoms with E-state index in [-0.39, 0.29) is 23.3 Å². The smallest absolute Gasteiger partial charge is 0.241 e. The van der Waals surface area contributed by atoms with E-state index < -0.39 is 38.0 Å². The molecule has 0 saturated carbocycles. The van der Waals surface area contributed by atoms with E-state index >= 15 is 0 Å². The molecule has 0 aliphatic rings. The molecule has 0 aliphatic carbocycles. The molecule has 0 unspecified atom stereocenters. The average molecular weight is 520 g/mol. The average Bonchev–Trinajstić information content (AvgIpc) is 3.24. The monoisotopic (exact) mass is 519 g/mol. The van der Waals surface area contributed by atoms with Crippen molar-refractivity contribution in [2.24, 2.45) is 0 Å². The number of sulfone groups is 1. The van der Waals surface area contributed by atoms with E-state index in [1.165, 1.54) is 29.4 Å². The fourth-order valence-electron chi connectivity index (χ4n) is 4.03. The Morgan fingerprint density at radius 2 is 1.78 bits per heavy atom. The van der Waals surface area contributed by atoms with E-state index in [1.54, 1.807) is 24.5 Å². The lowest BCUT2D eigenvalue weighted by atomic mass is 10.1. The molecule has 3 heterocycles. The van der Waals surface area contributed by atoms with E-state index in [1.807, 2.05) is 24.3 Å². The quantitative estimate of drug-likeness (QED) is 0.345. The molecule has 0 saturated heterocycles. The minimum Gasteiger partial charge on any atom is -0.342 e. The number of hydrogen-bond donors (Lipinski definition) is 1. The van der Waals surface area contributed by atoms with Crippen LogP contribution in [0.3, 0.4) is 0 Å². The molecule has 37 heavy (non-hydrogen) atoms. The molecule has 5 rings (SSSR count). The number of nitrogens with one attached hydrogen (secondary N) is 1. The van der Waals surface area contributed by atoms with Gasteiger partial charge < -0.3 is 9.88 Å². The van der Waals surface area contributed by atoms with Gasteiger partial charge in [0, 0.05) is 43.0 Å². The zero-order valence-corrected chi connectivity index (χ0v) is 20.0. The first kappa shape index (κ1) is 24.2. The summed E-state index contributed by atoms with van der Waals surface area (Å²) in [5.74, 6) is -3.48. The third-order valence-corrected chi connectivity index (χ3v) is 7.25. The highest BCUT2D eigenvalue weighted by Gasteiger charge is 2.27. The fraction of sp³-hybridized carbons (Fsp3) is 0.0769. The van der Waals surface area contributed by atoms with Gasteiger partial charge in [0.25, 0.3) is 0 Å². The second-order valence-corrected chi connectivity index (χ2v) is 10.2. The summed E-state index contributed by atoms with van der Waals surface area (Å²) in [7, 11) is -4.30. The van der Waals surface area contributed by atoms with Crippen LogP contribution in [-0.4, -0.2) is 39.6 Å². The molecule has 1 amide bonds. The minimum absolute atomic E-state index is 0.0506. The Balaban J connectivity index is 1.51. The van der Waals surface area contributed by atoms with E-state index in [0.717, 1.165) is 22.8 Å². The van der Waals surface area contributed by atoms with Crippen molar-refractivity contribution in [3.8, 4) is 11.1 Å². The zero-order chi connectivity index (χ0) is 26.0. The Kier molecular flexibility index (Phi) is 6.45. The maximum absolute atomic E-state index is 14.9. The maximum Gasteiger partial charge on any atom is 0.241 e. The number of carbonyl (C=O) groups is 1. The third-order valence-electron chi connectivity index (χ3n) is 5.63. The highest BCUT2D eigenvalue weighted by Crippen LogP contribution is 2.31.